The largest absolute Gasteiger partial charge is 0.489 e. The number of ether oxygens (including phenoxy) is 1. The standard InChI is InChI=1S/C23H18F2N2O2/c1-27(14-18-9-10-20(24)12-22(18)25)23(28)16-7-4-8-21(11-16)29-15-19-6-3-2-5-17(19)13-26/h2-12H,14-15H2,1H3. The molecule has 0 aromatic heterocycles. The maximum absolute atomic E-state index is 13.8. The van der Waals surface area contributed by atoms with Gasteiger partial charge in [0, 0.05) is 36.3 Å². The van der Waals surface area contributed by atoms with Gasteiger partial charge in [-0.25, -0.2) is 8.78 Å². The van der Waals surface area contributed by atoms with Crippen LogP contribution in [0, 0.1) is 23.0 Å². The Morgan fingerprint density at radius 2 is 1.83 bits per heavy atom. The summed E-state index contributed by atoms with van der Waals surface area (Å²) in [4.78, 5) is 14.0. The molecule has 0 spiro atoms. The van der Waals surface area contributed by atoms with Crippen LogP contribution in [-0.2, 0) is 13.2 Å². The molecule has 3 rings (SSSR count). The number of nitrogens with zero attached hydrogens (tertiary/aromatic N) is 2. The highest BCUT2D eigenvalue weighted by molar-refractivity contribution is 5.94. The van der Waals surface area contributed by atoms with Crippen LogP contribution in [-0.4, -0.2) is 17.9 Å². The van der Waals surface area contributed by atoms with Crippen molar-refractivity contribution in [3.63, 3.8) is 0 Å². The van der Waals surface area contributed by atoms with Crippen LogP contribution in [0.15, 0.2) is 66.7 Å². The summed E-state index contributed by atoms with van der Waals surface area (Å²) in [5, 5.41) is 9.15. The highest BCUT2D eigenvalue weighted by Gasteiger charge is 2.15. The zero-order valence-corrected chi connectivity index (χ0v) is 15.7. The number of nitriles is 1. The second kappa shape index (κ2) is 8.98. The van der Waals surface area contributed by atoms with Gasteiger partial charge in [-0.2, -0.15) is 5.26 Å². The number of amides is 1. The molecule has 3 aromatic rings. The summed E-state index contributed by atoms with van der Waals surface area (Å²) in [6.45, 7) is 0.198. The molecule has 4 nitrogen and oxygen atoms in total. The van der Waals surface area contributed by atoms with Crippen molar-refractivity contribution >= 4 is 5.91 Å². The molecule has 0 N–H and O–H groups in total. The summed E-state index contributed by atoms with van der Waals surface area (Å²) in [6.07, 6.45) is 0. The monoisotopic (exact) mass is 392 g/mol. The predicted octanol–water partition coefficient (Wildman–Crippen LogP) is 4.69. The first-order valence-corrected chi connectivity index (χ1v) is 8.88. The van der Waals surface area contributed by atoms with Crippen LogP contribution in [0.2, 0.25) is 0 Å². The lowest BCUT2D eigenvalue weighted by molar-refractivity contribution is 0.0783. The topological polar surface area (TPSA) is 53.3 Å². The number of benzene rings is 3. The van der Waals surface area contributed by atoms with Crippen molar-refractivity contribution in [2.24, 2.45) is 0 Å². The Bertz CT molecular complexity index is 1080. The molecule has 146 valence electrons. The summed E-state index contributed by atoms with van der Waals surface area (Å²) in [5.41, 5.74) is 1.88. The Kier molecular flexibility index (Phi) is 6.20. The number of hydrogen-bond donors (Lipinski definition) is 0. The third-order valence-corrected chi connectivity index (χ3v) is 4.38. The van der Waals surface area contributed by atoms with Gasteiger partial charge in [-0.1, -0.05) is 30.3 Å². The summed E-state index contributed by atoms with van der Waals surface area (Å²) in [7, 11) is 1.54. The van der Waals surface area contributed by atoms with E-state index in [1.54, 1.807) is 49.5 Å². The van der Waals surface area contributed by atoms with Gasteiger partial charge >= 0.3 is 0 Å². The van der Waals surface area contributed by atoms with Crippen molar-refractivity contribution in [3.05, 3.63) is 101 Å². The number of hydrogen-bond acceptors (Lipinski definition) is 3. The van der Waals surface area contributed by atoms with Gasteiger partial charge in [0.15, 0.2) is 0 Å². The third-order valence-electron chi connectivity index (χ3n) is 4.38. The Balaban J connectivity index is 1.69. The number of rotatable bonds is 6. The molecule has 3 aromatic carbocycles. The normalized spacial score (nSPS) is 10.3. The molecule has 29 heavy (non-hydrogen) atoms. The van der Waals surface area contributed by atoms with Gasteiger partial charge in [0.25, 0.3) is 5.91 Å². The molecular formula is C23H18F2N2O2. The summed E-state index contributed by atoms with van der Waals surface area (Å²) < 4.78 is 32.6. The van der Waals surface area contributed by atoms with E-state index in [4.69, 9.17) is 10.00 Å². The minimum atomic E-state index is -0.696. The molecule has 0 radical (unpaired) electrons. The van der Waals surface area contributed by atoms with E-state index in [1.165, 1.54) is 11.0 Å². The Morgan fingerprint density at radius 3 is 2.59 bits per heavy atom. The lowest BCUT2D eigenvalue weighted by atomic mass is 10.1. The SMILES string of the molecule is CN(Cc1ccc(F)cc1F)C(=O)c1cccc(OCc2ccccc2C#N)c1. The van der Waals surface area contributed by atoms with Crippen LogP contribution in [0.4, 0.5) is 8.78 Å². The van der Waals surface area contributed by atoms with Crippen molar-refractivity contribution in [3.8, 4) is 11.8 Å². The quantitative estimate of drug-likeness (QED) is 0.612. The van der Waals surface area contributed by atoms with E-state index in [-0.39, 0.29) is 24.6 Å². The summed E-state index contributed by atoms with van der Waals surface area (Å²) in [6, 6.07) is 19.1. The van der Waals surface area contributed by atoms with Gasteiger partial charge in [-0.3, -0.25) is 4.79 Å². The number of halogens is 2. The molecule has 1 amide bonds. The van der Waals surface area contributed by atoms with Crippen LogP contribution < -0.4 is 4.74 Å². The summed E-state index contributed by atoms with van der Waals surface area (Å²) in [5.74, 6) is -1.21. The zero-order valence-electron chi connectivity index (χ0n) is 15.7. The van der Waals surface area contributed by atoms with Crippen LogP contribution in [0.1, 0.15) is 27.0 Å². The van der Waals surface area contributed by atoms with Crippen molar-refractivity contribution in [1.82, 2.24) is 4.90 Å². The van der Waals surface area contributed by atoms with Gasteiger partial charge in [0.05, 0.1) is 11.6 Å². The first-order valence-electron chi connectivity index (χ1n) is 8.88. The minimum absolute atomic E-state index is 0.00553. The van der Waals surface area contributed by atoms with E-state index in [2.05, 4.69) is 6.07 Å². The van der Waals surface area contributed by atoms with Crippen LogP contribution in [0.5, 0.6) is 5.75 Å². The first-order chi connectivity index (χ1) is 14.0. The van der Waals surface area contributed by atoms with Crippen molar-refractivity contribution < 1.29 is 18.3 Å². The average molecular weight is 392 g/mol. The van der Waals surface area contributed by atoms with Crippen LogP contribution >= 0.6 is 0 Å². The fourth-order valence-electron chi connectivity index (χ4n) is 2.83. The lowest BCUT2D eigenvalue weighted by Crippen LogP contribution is -2.26. The average Bonchev–Trinajstić information content (AvgIpc) is 2.74. The Morgan fingerprint density at radius 1 is 1.03 bits per heavy atom. The second-order valence-corrected chi connectivity index (χ2v) is 6.48. The number of carbonyl (C=O) groups excluding carboxylic acids is 1. The molecule has 0 unspecified atom stereocenters. The van der Waals surface area contributed by atoms with Crippen molar-refractivity contribution in [2.75, 3.05) is 7.05 Å². The molecule has 0 heterocycles. The molecule has 6 heteroatoms. The molecule has 0 saturated carbocycles. The van der Waals surface area contributed by atoms with E-state index in [1.807, 2.05) is 6.07 Å². The smallest absolute Gasteiger partial charge is 0.254 e. The molecule has 0 atom stereocenters. The molecule has 0 bridgehead atoms. The Hall–Kier alpha value is -3.72. The zero-order chi connectivity index (χ0) is 20.8. The number of carbonyl (C=O) groups is 1. The fraction of sp³-hybridized carbons (Fsp3) is 0.130. The summed E-state index contributed by atoms with van der Waals surface area (Å²) >= 11 is 0. The third kappa shape index (κ3) is 4.96. The van der Waals surface area contributed by atoms with Crippen LogP contribution in [0.3, 0.4) is 0 Å². The van der Waals surface area contributed by atoms with Crippen molar-refractivity contribution in [2.45, 2.75) is 13.2 Å². The maximum Gasteiger partial charge on any atom is 0.254 e. The van der Waals surface area contributed by atoms with Gasteiger partial charge in [-0.05, 0) is 30.3 Å². The molecule has 0 aliphatic heterocycles. The molecule has 0 aliphatic carbocycles. The Labute approximate surface area is 167 Å². The molecular weight excluding hydrogens is 374 g/mol. The van der Waals surface area contributed by atoms with Gasteiger partial charge < -0.3 is 9.64 Å². The first kappa shape index (κ1) is 20.0. The molecule has 0 fully saturated rings. The second-order valence-electron chi connectivity index (χ2n) is 6.48. The molecule has 0 aliphatic rings. The van der Waals surface area contributed by atoms with Gasteiger partial charge in [-0.15, -0.1) is 0 Å². The van der Waals surface area contributed by atoms with E-state index >= 15 is 0 Å². The van der Waals surface area contributed by atoms with E-state index in [0.717, 1.165) is 17.7 Å². The highest BCUT2D eigenvalue weighted by Crippen LogP contribution is 2.19. The van der Waals surface area contributed by atoms with Crippen LogP contribution in [0.25, 0.3) is 0 Å². The minimum Gasteiger partial charge on any atom is -0.489 e. The molecule has 0 saturated heterocycles. The van der Waals surface area contributed by atoms with E-state index < -0.39 is 11.6 Å². The van der Waals surface area contributed by atoms with E-state index in [0.29, 0.717) is 16.9 Å². The highest BCUT2D eigenvalue weighted by atomic mass is 19.1. The maximum atomic E-state index is 13.8. The fourth-order valence-corrected chi connectivity index (χ4v) is 2.83. The lowest BCUT2D eigenvalue weighted by Gasteiger charge is -2.18. The van der Waals surface area contributed by atoms with Gasteiger partial charge in [0.1, 0.15) is 24.0 Å². The predicted molar refractivity (Wildman–Crippen MR) is 104 cm³/mol. The van der Waals surface area contributed by atoms with Crippen molar-refractivity contribution in [1.29, 1.82) is 5.26 Å². The van der Waals surface area contributed by atoms with E-state index in [9.17, 15) is 13.6 Å². The van der Waals surface area contributed by atoms with Gasteiger partial charge in [0.2, 0.25) is 0 Å².